The lowest BCUT2D eigenvalue weighted by atomic mass is 9.68. The van der Waals surface area contributed by atoms with Crippen LogP contribution in [-0.2, 0) is 16.6 Å². The Balaban J connectivity index is 1.49. The molecule has 40 heavy (non-hydrogen) atoms. The summed E-state index contributed by atoms with van der Waals surface area (Å²) in [6.45, 7) is 9.99. The van der Waals surface area contributed by atoms with Crippen molar-refractivity contribution in [1.29, 1.82) is 0 Å². The second kappa shape index (κ2) is 11.8. The molecule has 1 saturated carbocycles. The van der Waals surface area contributed by atoms with E-state index >= 15 is 0 Å². The van der Waals surface area contributed by atoms with Crippen LogP contribution in [0.3, 0.4) is 0 Å². The van der Waals surface area contributed by atoms with E-state index in [0.717, 1.165) is 74.5 Å². The lowest BCUT2D eigenvalue weighted by Gasteiger charge is -2.45. The van der Waals surface area contributed by atoms with Gasteiger partial charge in [0.1, 0.15) is 11.4 Å². The first-order valence-corrected chi connectivity index (χ1v) is 15.4. The average Bonchev–Trinajstić information content (AvgIpc) is 3.03. The Labute approximate surface area is 244 Å². The topological polar surface area (TPSA) is 59.0 Å². The van der Waals surface area contributed by atoms with Crippen LogP contribution >= 0.6 is 11.6 Å². The molecule has 0 saturated heterocycles. The average molecular weight is 566 g/mol. The summed E-state index contributed by atoms with van der Waals surface area (Å²) >= 11 is 6.40. The van der Waals surface area contributed by atoms with E-state index in [4.69, 9.17) is 21.1 Å². The molecular weight excluding hydrogens is 522 g/mol. The van der Waals surface area contributed by atoms with E-state index < -0.39 is 11.7 Å². The molecule has 5 rings (SSSR count). The summed E-state index contributed by atoms with van der Waals surface area (Å²) < 4.78 is 12.3. The summed E-state index contributed by atoms with van der Waals surface area (Å²) in [5.74, 6) is 1.07. The number of aliphatic hydroxyl groups excluding tert-OH is 1. The maximum Gasteiger partial charge on any atom is 0.338 e. The first kappa shape index (κ1) is 29.0. The Morgan fingerprint density at radius 3 is 2.80 bits per heavy atom. The minimum absolute atomic E-state index is 0.178. The van der Waals surface area contributed by atoms with Gasteiger partial charge in [-0.25, -0.2) is 4.79 Å². The second-order valence-corrected chi connectivity index (χ2v) is 13.4. The van der Waals surface area contributed by atoms with Gasteiger partial charge in [0, 0.05) is 23.5 Å². The van der Waals surface area contributed by atoms with Crippen LogP contribution in [-0.4, -0.2) is 42.5 Å². The van der Waals surface area contributed by atoms with Gasteiger partial charge in [-0.3, -0.25) is 0 Å². The first-order chi connectivity index (χ1) is 19.1. The Kier molecular flexibility index (Phi) is 8.54. The fourth-order valence-corrected chi connectivity index (χ4v) is 6.87. The predicted octanol–water partition coefficient (Wildman–Crippen LogP) is 7.51. The van der Waals surface area contributed by atoms with Crippen molar-refractivity contribution in [3.63, 3.8) is 0 Å². The predicted molar refractivity (Wildman–Crippen MR) is 162 cm³/mol. The van der Waals surface area contributed by atoms with Crippen molar-refractivity contribution in [2.24, 2.45) is 11.8 Å². The standard InChI is InChI=1S/C34H44ClNO4/c1-5-6-7-10-30(37)27-14-11-25(27)20-36-21-34(17-8-9-23-18-26(35)13-15-28(23)34)22-39-31-16-12-24(19-29(31)36)32(38)40-33(2,3)4/h7,10,12-13,15-16,18-19,25,27,30,37H,5-6,8-9,11,14,17,20-22H2,1-4H3/t25-,27+,30+,34-/m0/s1. The third-order valence-electron chi connectivity index (χ3n) is 8.83. The number of carbonyl (C=O) groups excluding carboxylic acids is 1. The van der Waals surface area contributed by atoms with E-state index in [-0.39, 0.29) is 17.3 Å². The summed E-state index contributed by atoms with van der Waals surface area (Å²) in [6.07, 6.45) is 11.0. The van der Waals surface area contributed by atoms with Crippen LogP contribution in [0.25, 0.3) is 0 Å². The van der Waals surface area contributed by atoms with Crippen LogP contribution in [0.4, 0.5) is 5.69 Å². The van der Waals surface area contributed by atoms with Crippen LogP contribution in [0.5, 0.6) is 5.75 Å². The van der Waals surface area contributed by atoms with Crippen LogP contribution in [0.15, 0.2) is 48.6 Å². The molecular formula is C34H44ClNO4. The van der Waals surface area contributed by atoms with Gasteiger partial charge in [0.05, 0.1) is 24.0 Å². The van der Waals surface area contributed by atoms with Gasteiger partial charge >= 0.3 is 5.97 Å². The summed E-state index contributed by atoms with van der Waals surface area (Å²) in [6, 6.07) is 12.0. The number of allylic oxidation sites excluding steroid dienone is 1. The number of halogens is 1. The van der Waals surface area contributed by atoms with Gasteiger partial charge in [0.15, 0.2) is 0 Å². The molecule has 2 aromatic rings. The molecule has 5 nitrogen and oxygen atoms in total. The van der Waals surface area contributed by atoms with Gasteiger partial charge in [0.2, 0.25) is 0 Å². The molecule has 0 amide bonds. The fraction of sp³-hybridized carbons (Fsp3) is 0.559. The van der Waals surface area contributed by atoms with Gasteiger partial charge in [-0.2, -0.15) is 0 Å². The number of aliphatic hydroxyl groups is 1. The molecule has 1 fully saturated rings. The largest absolute Gasteiger partial charge is 0.490 e. The van der Waals surface area contributed by atoms with Crippen molar-refractivity contribution in [2.45, 2.75) is 89.8 Å². The Morgan fingerprint density at radius 2 is 2.08 bits per heavy atom. The molecule has 0 bridgehead atoms. The van der Waals surface area contributed by atoms with Crippen molar-refractivity contribution >= 4 is 23.3 Å². The number of aryl methyl sites for hydroxylation is 1. The summed E-state index contributed by atoms with van der Waals surface area (Å²) in [5, 5.41) is 11.7. The van der Waals surface area contributed by atoms with E-state index in [1.807, 2.05) is 51.1 Å². The third kappa shape index (κ3) is 6.21. The molecule has 4 atom stereocenters. The molecule has 2 aliphatic carbocycles. The summed E-state index contributed by atoms with van der Waals surface area (Å²) in [7, 11) is 0. The van der Waals surface area contributed by atoms with E-state index in [1.165, 1.54) is 11.1 Å². The highest BCUT2D eigenvalue weighted by Crippen LogP contribution is 2.46. The number of hydrogen-bond donors (Lipinski definition) is 1. The molecule has 2 aromatic carbocycles. The number of benzene rings is 2. The zero-order chi connectivity index (χ0) is 28.5. The highest BCUT2D eigenvalue weighted by molar-refractivity contribution is 6.30. The maximum absolute atomic E-state index is 13.1. The zero-order valence-corrected chi connectivity index (χ0v) is 25.2. The SMILES string of the molecule is CCCC=C[C@@H](O)[C@@H]1CC[C@H]1CN1C[C@@]2(CCCc3cc(Cl)ccc32)COc2ccc(C(=O)OC(C)(C)C)cc21. The fourth-order valence-electron chi connectivity index (χ4n) is 6.68. The monoisotopic (exact) mass is 565 g/mol. The van der Waals surface area contributed by atoms with Crippen molar-refractivity contribution in [3.05, 3.63) is 70.3 Å². The summed E-state index contributed by atoms with van der Waals surface area (Å²) in [4.78, 5) is 15.5. The van der Waals surface area contributed by atoms with Gasteiger partial charge in [-0.1, -0.05) is 43.2 Å². The number of anilines is 1. The number of unbranched alkanes of at least 4 members (excludes halogenated alkanes) is 1. The molecule has 1 spiro atoms. The lowest BCUT2D eigenvalue weighted by Crippen LogP contribution is -2.49. The van der Waals surface area contributed by atoms with Crippen LogP contribution < -0.4 is 9.64 Å². The van der Waals surface area contributed by atoms with E-state index in [0.29, 0.717) is 18.1 Å². The molecule has 3 aliphatic rings. The molecule has 6 heteroatoms. The molecule has 1 aliphatic heterocycles. The van der Waals surface area contributed by atoms with Crippen molar-refractivity contribution < 1.29 is 19.4 Å². The van der Waals surface area contributed by atoms with Crippen molar-refractivity contribution in [3.8, 4) is 5.75 Å². The van der Waals surface area contributed by atoms with E-state index in [1.54, 1.807) is 0 Å². The van der Waals surface area contributed by atoms with Crippen LogP contribution in [0.2, 0.25) is 5.02 Å². The minimum atomic E-state index is -0.572. The van der Waals surface area contributed by atoms with Crippen LogP contribution in [0, 0.1) is 11.8 Å². The van der Waals surface area contributed by atoms with Gasteiger partial charge in [0.25, 0.3) is 0 Å². The number of carbonyl (C=O) groups is 1. The number of nitrogens with zero attached hydrogens (tertiary/aromatic N) is 1. The van der Waals surface area contributed by atoms with Gasteiger partial charge in [-0.05, 0) is 113 Å². The van der Waals surface area contributed by atoms with Crippen LogP contribution in [0.1, 0.15) is 87.7 Å². The van der Waals surface area contributed by atoms with Gasteiger partial charge in [-0.15, -0.1) is 0 Å². The Morgan fingerprint density at radius 1 is 1.25 bits per heavy atom. The lowest BCUT2D eigenvalue weighted by molar-refractivity contribution is 0.00695. The molecule has 0 unspecified atom stereocenters. The van der Waals surface area contributed by atoms with E-state index in [9.17, 15) is 9.90 Å². The number of esters is 1. The minimum Gasteiger partial charge on any atom is -0.490 e. The summed E-state index contributed by atoms with van der Waals surface area (Å²) in [5.41, 5.74) is 3.34. The van der Waals surface area contributed by atoms with E-state index in [2.05, 4.69) is 30.0 Å². The first-order valence-electron chi connectivity index (χ1n) is 15.0. The Hall–Kier alpha value is -2.50. The zero-order valence-electron chi connectivity index (χ0n) is 24.4. The second-order valence-electron chi connectivity index (χ2n) is 13.0. The van der Waals surface area contributed by atoms with Crippen molar-refractivity contribution in [1.82, 2.24) is 0 Å². The third-order valence-corrected chi connectivity index (χ3v) is 9.07. The maximum atomic E-state index is 13.1. The molecule has 1 heterocycles. The highest BCUT2D eigenvalue weighted by atomic mass is 35.5. The Bertz CT molecular complexity index is 1250. The molecule has 0 aromatic heterocycles. The number of rotatable bonds is 7. The number of fused-ring (bicyclic) bond motifs is 3. The highest BCUT2D eigenvalue weighted by Gasteiger charge is 2.44. The van der Waals surface area contributed by atoms with Crippen molar-refractivity contribution in [2.75, 3.05) is 24.6 Å². The smallest absolute Gasteiger partial charge is 0.338 e. The van der Waals surface area contributed by atoms with Gasteiger partial charge < -0.3 is 19.5 Å². The quantitative estimate of drug-likeness (QED) is 0.278. The molecule has 216 valence electrons. The molecule has 1 N–H and O–H groups in total. The number of ether oxygens (including phenoxy) is 2. The number of hydrogen-bond acceptors (Lipinski definition) is 5. The normalized spacial score (nSPS) is 25.0. The molecule has 0 radical (unpaired) electrons.